The lowest BCUT2D eigenvalue weighted by Crippen LogP contribution is -2.29. The van der Waals surface area contributed by atoms with Crippen LogP contribution >= 0.6 is 0 Å². The van der Waals surface area contributed by atoms with E-state index >= 15 is 0 Å². The van der Waals surface area contributed by atoms with Gasteiger partial charge >= 0.3 is 0 Å². The first-order chi connectivity index (χ1) is 14.5. The lowest BCUT2D eigenvalue weighted by Gasteiger charge is -2.19. The Kier molecular flexibility index (Phi) is 5.61. The summed E-state index contributed by atoms with van der Waals surface area (Å²) in [7, 11) is -2.00. The maximum absolute atomic E-state index is 12.9. The van der Waals surface area contributed by atoms with E-state index in [4.69, 9.17) is 4.74 Å². The largest absolute Gasteiger partial charge is 0.497 e. The molecule has 4 aromatic rings. The molecule has 0 aliphatic heterocycles. The van der Waals surface area contributed by atoms with Gasteiger partial charge in [0, 0.05) is 29.6 Å². The van der Waals surface area contributed by atoms with Gasteiger partial charge in [-0.15, -0.1) is 0 Å². The minimum atomic E-state index is -3.62. The van der Waals surface area contributed by atoms with Crippen LogP contribution in [0.1, 0.15) is 22.6 Å². The topological polar surface area (TPSA) is 71.2 Å². The Morgan fingerprint density at radius 1 is 0.967 bits per heavy atom. The third-order valence-corrected chi connectivity index (χ3v) is 6.76. The van der Waals surface area contributed by atoms with Crippen molar-refractivity contribution in [3.8, 4) is 5.75 Å². The number of hydrogen-bond donors (Lipinski definition) is 2. The molecule has 2 N–H and O–H groups in total. The number of fused-ring (bicyclic) bond motifs is 1. The van der Waals surface area contributed by atoms with Crippen LogP contribution in [-0.2, 0) is 10.0 Å². The Morgan fingerprint density at radius 3 is 2.37 bits per heavy atom. The van der Waals surface area contributed by atoms with E-state index in [0.717, 1.165) is 33.3 Å². The van der Waals surface area contributed by atoms with Gasteiger partial charge in [0.05, 0.1) is 12.0 Å². The molecule has 0 bridgehead atoms. The summed E-state index contributed by atoms with van der Waals surface area (Å²) in [6.45, 7) is 2.17. The van der Waals surface area contributed by atoms with Gasteiger partial charge in [-0.2, -0.15) is 0 Å². The molecule has 154 valence electrons. The van der Waals surface area contributed by atoms with Crippen LogP contribution in [0.15, 0.2) is 83.9 Å². The average Bonchev–Trinajstić information content (AvgIpc) is 3.19. The SMILES string of the molecule is COc1ccc(C(CNS(=O)(=O)c2ccc(C)cc2)c2c[nH]c3ccccc23)cc1. The first-order valence-electron chi connectivity index (χ1n) is 9.74. The van der Waals surface area contributed by atoms with Gasteiger partial charge in [0.1, 0.15) is 5.75 Å². The number of aryl methyl sites for hydroxylation is 1. The molecule has 0 aliphatic rings. The molecule has 1 unspecified atom stereocenters. The number of rotatable bonds is 7. The quantitative estimate of drug-likeness (QED) is 0.459. The normalized spacial score (nSPS) is 12.7. The van der Waals surface area contributed by atoms with E-state index in [1.54, 1.807) is 31.4 Å². The highest BCUT2D eigenvalue weighted by Crippen LogP contribution is 2.31. The van der Waals surface area contributed by atoms with Crippen LogP contribution in [0.25, 0.3) is 10.9 Å². The molecule has 1 aromatic heterocycles. The summed E-state index contributed by atoms with van der Waals surface area (Å²) in [4.78, 5) is 3.56. The van der Waals surface area contributed by atoms with Crippen molar-refractivity contribution >= 4 is 20.9 Å². The molecule has 3 aromatic carbocycles. The molecule has 1 heterocycles. The summed E-state index contributed by atoms with van der Waals surface area (Å²) >= 11 is 0. The first kappa shape index (κ1) is 20.2. The highest BCUT2D eigenvalue weighted by Gasteiger charge is 2.22. The molecule has 0 saturated carbocycles. The fourth-order valence-corrected chi connectivity index (χ4v) is 4.67. The molecular weight excluding hydrogens is 396 g/mol. The number of ether oxygens (including phenoxy) is 1. The Morgan fingerprint density at radius 2 is 1.67 bits per heavy atom. The van der Waals surface area contributed by atoms with Gasteiger partial charge < -0.3 is 9.72 Å². The highest BCUT2D eigenvalue weighted by atomic mass is 32.2. The van der Waals surface area contributed by atoms with Crippen molar-refractivity contribution in [3.63, 3.8) is 0 Å². The number of methoxy groups -OCH3 is 1. The molecule has 1 atom stereocenters. The number of sulfonamides is 1. The minimum absolute atomic E-state index is 0.160. The van der Waals surface area contributed by atoms with Crippen molar-refractivity contribution in [1.29, 1.82) is 0 Å². The van der Waals surface area contributed by atoms with E-state index in [1.807, 2.05) is 61.7 Å². The Hall–Kier alpha value is -3.09. The molecule has 0 saturated heterocycles. The molecule has 0 amide bonds. The van der Waals surface area contributed by atoms with Gasteiger partial charge in [-0.05, 0) is 48.4 Å². The van der Waals surface area contributed by atoms with Crippen LogP contribution < -0.4 is 9.46 Å². The summed E-state index contributed by atoms with van der Waals surface area (Å²) in [5.74, 6) is 0.601. The second-order valence-electron chi connectivity index (χ2n) is 7.28. The summed E-state index contributed by atoms with van der Waals surface area (Å²) < 4.78 is 33.8. The number of aromatic amines is 1. The monoisotopic (exact) mass is 420 g/mol. The molecule has 6 heteroatoms. The van der Waals surface area contributed by atoms with Crippen LogP contribution in [0.2, 0.25) is 0 Å². The smallest absolute Gasteiger partial charge is 0.240 e. The maximum atomic E-state index is 12.9. The number of H-pyrrole nitrogens is 1. The minimum Gasteiger partial charge on any atom is -0.497 e. The third-order valence-electron chi connectivity index (χ3n) is 5.32. The van der Waals surface area contributed by atoms with Crippen LogP contribution in [0.5, 0.6) is 5.75 Å². The van der Waals surface area contributed by atoms with Crippen LogP contribution in [0.3, 0.4) is 0 Å². The van der Waals surface area contributed by atoms with Crippen molar-refractivity contribution in [3.05, 3.63) is 95.7 Å². The maximum Gasteiger partial charge on any atom is 0.240 e. The Labute approximate surface area is 176 Å². The predicted molar refractivity (Wildman–Crippen MR) is 120 cm³/mol. The van der Waals surface area contributed by atoms with Crippen LogP contribution in [-0.4, -0.2) is 27.1 Å². The fourth-order valence-electron chi connectivity index (χ4n) is 3.62. The zero-order valence-electron chi connectivity index (χ0n) is 16.9. The lowest BCUT2D eigenvalue weighted by molar-refractivity contribution is 0.414. The van der Waals surface area contributed by atoms with Gasteiger partial charge in [0.15, 0.2) is 0 Å². The second-order valence-corrected chi connectivity index (χ2v) is 9.05. The van der Waals surface area contributed by atoms with E-state index < -0.39 is 10.0 Å². The van der Waals surface area contributed by atoms with Crippen molar-refractivity contribution in [2.75, 3.05) is 13.7 Å². The predicted octanol–water partition coefficient (Wildman–Crippen LogP) is 4.60. The van der Waals surface area contributed by atoms with Crippen molar-refractivity contribution < 1.29 is 13.2 Å². The van der Waals surface area contributed by atoms with Gasteiger partial charge in [-0.1, -0.05) is 48.0 Å². The molecule has 30 heavy (non-hydrogen) atoms. The fraction of sp³-hybridized carbons (Fsp3) is 0.167. The number of nitrogens with one attached hydrogen (secondary N) is 2. The number of aromatic nitrogens is 1. The average molecular weight is 421 g/mol. The Balaban J connectivity index is 1.69. The van der Waals surface area contributed by atoms with Gasteiger partial charge in [0.2, 0.25) is 10.0 Å². The number of benzene rings is 3. The molecule has 0 aliphatic carbocycles. The molecule has 0 fully saturated rings. The second kappa shape index (κ2) is 8.34. The van der Waals surface area contributed by atoms with E-state index in [1.165, 1.54) is 0 Å². The summed E-state index contributed by atoms with van der Waals surface area (Å²) in [6, 6.07) is 22.6. The number of hydrogen-bond acceptors (Lipinski definition) is 3. The van der Waals surface area contributed by atoms with Crippen molar-refractivity contribution in [1.82, 2.24) is 9.71 Å². The summed E-state index contributed by atoms with van der Waals surface area (Å²) in [5, 5.41) is 1.08. The molecule has 4 rings (SSSR count). The molecule has 5 nitrogen and oxygen atoms in total. The summed E-state index contributed by atoms with van der Waals surface area (Å²) in [6.07, 6.45) is 1.96. The number of para-hydroxylation sites is 1. The van der Waals surface area contributed by atoms with E-state index in [-0.39, 0.29) is 17.4 Å². The van der Waals surface area contributed by atoms with Gasteiger partial charge in [-0.25, -0.2) is 13.1 Å². The molecular formula is C24H24N2O3S. The molecule has 0 radical (unpaired) electrons. The summed E-state index contributed by atoms with van der Waals surface area (Å²) in [5.41, 5.74) is 4.09. The zero-order chi connectivity index (χ0) is 21.1. The first-order valence-corrected chi connectivity index (χ1v) is 11.2. The van der Waals surface area contributed by atoms with Crippen LogP contribution in [0, 0.1) is 6.92 Å². The van der Waals surface area contributed by atoms with E-state index in [9.17, 15) is 8.42 Å². The van der Waals surface area contributed by atoms with Gasteiger partial charge in [-0.3, -0.25) is 0 Å². The van der Waals surface area contributed by atoms with Crippen molar-refractivity contribution in [2.45, 2.75) is 17.7 Å². The standard InChI is InChI=1S/C24H24N2O3S/c1-17-7-13-20(14-8-17)30(27,28)26-16-22(18-9-11-19(29-2)12-10-18)23-15-25-24-6-4-3-5-21(23)24/h3-15,22,25-26H,16H2,1-2H3. The van der Waals surface area contributed by atoms with Crippen LogP contribution in [0.4, 0.5) is 0 Å². The van der Waals surface area contributed by atoms with E-state index in [2.05, 4.69) is 9.71 Å². The highest BCUT2D eigenvalue weighted by molar-refractivity contribution is 7.89. The lowest BCUT2D eigenvalue weighted by atomic mass is 9.91. The van der Waals surface area contributed by atoms with Crippen molar-refractivity contribution in [2.24, 2.45) is 0 Å². The van der Waals surface area contributed by atoms with Gasteiger partial charge in [0.25, 0.3) is 0 Å². The molecule has 0 spiro atoms. The third kappa shape index (κ3) is 4.10. The van der Waals surface area contributed by atoms with E-state index in [0.29, 0.717) is 0 Å². The Bertz CT molecular complexity index is 1240. The zero-order valence-corrected chi connectivity index (χ0v) is 17.7.